The average molecular weight is 235 g/mol. The van der Waals surface area contributed by atoms with E-state index in [0.717, 1.165) is 16.7 Å². The van der Waals surface area contributed by atoms with Crippen LogP contribution in [0.15, 0.2) is 29.6 Å². The van der Waals surface area contributed by atoms with E-state index in [2.05, 4.69) is 18.4 Å². The van der Waals surface area contributed by atoms with Gasteiger partial charge in [-0.05, 0) is 54.1 Å². The highest BCUT2D eigenvalue weighted by Crippen LogP contribution is 2.26. The van der Waals surface area contributed by atoms with Crippen LogP contribution in [0, 0.1) is 19.7 Å². The highest BCUT2D eigenvalue weighted by atomic mass is 32.1. The summed E-state index contributed by atoms with van der Waals surface area (Å²) < 4.78 is 13.0. The van der Waals surface area contributed by atoms with Gasteiger partial charge in [0.05, 0.1) is 6.04 Å². The molecule has 2 rings (SSSR count). The van der Waals surface area contributed by atoms with Gasteiger partial charge in [-0.15, -0.1) is 11.3 Å². The van der Waals surface area contributed by atoms with Crippen molar-refractivity contribution in [1.29, 1.82) is 0 Å². The summed E-state index contributed by atoms with van der Waals surface area (Å²) in [7, 11) is 0. The van der Waals surface area contributed by atoms with Crippen LogP contribution in [-0.4, -0.2) is 0 Å². The van der Waals surface area contributed by atoms with Gasteiger partial charge in [-0.2, -0.15) is 0 Å². The van der Waals surface area contributed by atoms with E-state index in [1.165, 1.54) is 17.0 Å². The summed E-state index contributed by atoms with van der Waals surface area (Å²) >= 11 is 1.68. The number of nitrogens with two attached hydrogens (primary N) is 1. The molecular formula is C13H14FNS. The first-order valence-electron chi connectivity index (χ1n) is 5.14. The van der Waals surface area contributed by atoms with Gasteiger partial charge < -0.3 is 5.73 Å². The van der Waals surface area contributed by atoms with Crippen LogP contribution in [0.5, 0.6) is 0 Å². The fourth-order valence-electron chi connectivity index (χ4n) is 1.79. The summed E-state index contributed by atoms with van der Waals surface area (Å²) in [5, 5.41) is 2.06. The Morgan fingerprint density at radius 3 is 2.56 bits per heavy atom. The lowest BCUT2D eigenvalue weighted by atomic mass is 9.97. The lowest BCUT2D eigenvalue weighted by Gasteiger charge is -2.13. The Kier molecular flexibility index (Phi) is 3.08. The van der Waals surface area contributed by atoms with Crippen molar-refractivity contribution in [1.82, 2.24) is 0 Å². The molecule has 0 fully saturated rings. The van der Waals surface area contributed by atoms with Crippen LogP contribution in [0.2, 0.25) is 0 Å². The number of rotatable bonds is 2. The predicted octanol–water partition coefficient (Wildman–Crippen LogP) is 3.55. The Morgan fingerprint density at radius 1 is 1.25 bits per heavy atom. The maximum Gasteiger partial charge on any atom is 0.123 e. The van der Waals surface area contributed by atoms with Crippen molar-refractivity contribution in [2.24, 2.45) is 5.73 Å². The Labute approximate surface area is 98.7 Å². The maximum absolute atomic E-state index is 13.0. The average Bonchev–Trinajstić information content (AvgIpc) is 2.64. The van der Waals surface area contributed by atoms with Gasteiger partial charge in [0.1, 0.15) is 5.82 Å². The first-order valence-corrected chi connectivity index (χ1v) is 6.02. The highest BCUT2D eigenvalue weighted by molar-refractivity contribution is 7.10. The van der Waals surface area contributed by atoms with Gasteiger partial charge in [-0.1, -0.05) is 6.07 Å². The maximum atomic E-state index is 13.0. The minimum Gasteiger partial charge on any atom is -0.320 e. The number of aryl methyl sites for hydroxylation is 2. The summed E-state index contributed by atoms with van der Waals surface area (Å²) in [5.41, 5.74) is 9.14. The molecule has 0 aliphatic rings. The van der Waals surface area contributed by atoms with E-state index < -0.39 is 0 Å². The van der Waals surface area contributed by atoms with Crippen LogP contribution < -0.4 is 5.73 Å². The second-order valence-electron chi connectivity index (χ2n) is 3.97. The third-order valence-electron chi connectivity index (χ3n) is 2.68. The molecule has 1 unspecified atom stereocenters. The minimum absolute atomic E-state index is 0.162. The summed E-state index contributed by atoms with van der Waals surface area (Å²) in [6, 6.07) is 6.67. The summed E-state index contributed by atoms with van der Waals surface area (Å²) in [4.78, 5) is 1.24. The van der Waals surface area contributed by atoms with Crippen LogP contribution in [0.1, 0.15) is 27.6 Å². The lowest BCUT2D eigenvalue weighted by Crippen LogP contribution is -2.12. The van der Waals surface area contributed by atoms with E-state index in [1.54, 1.807) is 17.4 Å². The zero-order chi connectivity index (χ0) is 11.7. The number of hydrogen-bond donors (Lipinski definition) is 1. The van der Waals surface area contributed by atoms with Crippen molar-refractivity contribution in [2.45, 2.75) is 19.9 Å². The second kappa shape index (κ2) is 4.36. The smallest absolute Gasteiger partial charge is 0.123 e. The van der Waals surface area contributed by atoms with Crippen LogP contribution in [0.4, 0.5) is 4.39 Å². The largest absolute Gasteiger partial charge is 0.320 e. The van der Waals surface area contributed by atoms with Crippen molar-refractivity contribution < 1.29 is 4.39 Å². The fourth-order valence-corrected chi connectivity index (χ4v) is 2.54. The molecule has 16 heavy (non-hydrogen) atoms. The molecule has 1 nitrogen and oxygen atoms in total. The normalized spacial score (nSPS) is 12.8. The Morgan fingerprint density at radius 2 is 2.00 bits per heavy atom. The van der Waals surface area contributed by atoms with E-state index in [1.807, 2.05) is 6.92 Å². The van der Waals surface area contributed by atoms with Gasteiger partial charge in [0, 0.05) is 4.88 Å². The van der Waals surface area contributed by atoms with E-state index in [0.29, 0.717) is 0 Å². The zero-order valence-electron chi connectivity index (χ0n) is 9.33. The first-order chi connectivity index (χ1) is 7.58. The zero-order valence-corrected chi connectivity index (χ0v) is 10.1. The number of thiophene rings is 1. The van der Waals surface area contributed by atoms with Crippen LogP contribution in [0.25, 0.3) is 0 Å². The van der Waals surface area contributed by atoms with Crippen molar-refractivity contribution in [3.63, 3.8) is 0 Å². The molecule has 1 heterocycles. The van der Waals surface area contributed by atoms with Crippen LogP contribution in [-0.2, 0) is 0 Å². The fraction of sp³-hybridized carbons (Fsp3) is 0.231. The van der Waals surface area contributed by atoms with E-state index in [4.69, 9.17) is 5.73 Å². The van der Waals surface area contributed by atoms with Gasteiger partial charge in [0.25, 0.3) is 0 Å². The van der Waals surface area contributed by atoms with Gasteiger partial charge >= 0.3 is 0 Å². The van der Waals surface area contributed by atoms with Gasteiger partial charge in [0.15, 0.2) is 0 Å². The molecule has 3 heteroatoms. The number of hydrogen-bond acceptors (Lipinski definition) is 2. The van der Waals surface area contributed by atoms with E-state index >= 15 is 0 Å². The van der Waals surface area contributed by atoms with Crippen molar-refractivity contribution in [2.75, 3.05) is 0 Å². The molecule has 1 atom stereocenters. The van der Waals surface area contributed by atoms with Crippen molar-refractivity contribution in [3.05, 3.63) is 57.0 Å². The molecule has 0 saturated heterocycles. The summed E-state index contributed by atoms with van der Waals surface area (Å²) in [5.74, 6) is -0.213. The lowest BCUT2D eigenvalue weighted by molar-refractivity contribution is 0.624. The first kappa shape index (κ1) is 11.3. The van der Waals surface area contributed by atoms with E-state index in [-0.39, 0.29) is 11.9 Å². The Balaban J connectivity index is 2.37. The Bertz CT molecular complexity index is 504. The molecule has 0 bridgehead atoms. The molecule has 0 saturated carbocycles. The second-order valence-corrected chi connectivity index (χ2v) is 5.08. The molecule has 1 aromatic carbocycles. The van der Waals surface area contributed by atoms with Gasteiger partial charge in [-0.25, -0.2) is 4.39 Å². The van der Waals surface area contributed by atoms with Crippen molar-refractivity contribution in [3.8, 4) is 0 Å². The van der Waals surface area contributed by atoms with Gasteiger partial charge in [0.2, 0.25) is 0 Å². The number of halogens is 1. The Hall–Kier alpha value is -1.19. The molecule has 0 aliphatic carbocycles. The minimum atomic E-state index is -0.213. The quantitative estimate of drug-likeness (QED) is 0.846. The third kappa shape index (κ3) is 2.15. The van der Waals surface area contributed by atoms with Crippen molar-refractivity contribution >= 4 is 11.3 Å². The molecule has 1 aromatic heterocycles. The number of benzene rings is 1. The predicted molar refractivity (Wildman–Crippen MR) is 66.2 cm³/mol. The molecule has 84 valence electrons. The monoisotopic (exact) mass is 235 g/mol. The molecule has 0 aliphatic heterocycles. The molecular weight excluding hydrogens is 221 g/mol. The van der Waals surface area contributed by atoms with Crippen LogP contribution in [0.3, 0.4) is 0 Å². The third-order valence-corrected chi connectivity index (χ3v) is 3.56. The molecule has 0 amide bonds. The summed E-state index contributed by atoms with van der Waals surface area (Å²) in [6.45, 7) is 3.94. The van der Waals surface area contributed by atoms with Crippen LogP contribution >= 0.6 is 11.3 Å². The molecule has 0 spiro atoms. The standard InChI is InChI=1S/C13H14FNS/c1-8-5-11(14)3-4-12(8)13(15)10-6-9(2)16-7-10/h3-7,13H,15H2,1-2H3. The molecule has 2 aromatic rings. The molecule has 2 N–H and O–H groups in total. The van der Waals surface area contributed by atoms with E-state index in [9.17, 15) is 4.39 Å². The summed E-state index contributed by atoms with van der Waals surface area (Å²) in [6.07, 6.45) is 0. The molecule has 0 radical (unpaired) electrons. The SMILES string of the molecule is Cc1cc(C(N)c2ccc(F)cc2C)cs1. The van der Waals surface area contributed by atoms with Gasteiger partial charge in [-0.3, -0.25) is 0 Å². The topological polar surface area (TPSA) is 26.0 Å². The highest BCUT2D eigenvalue weighted by Gasteiger charge is 2.12.